The van der Waals surface area contributed by atoms with E-state index in [9.17, 15) is 0 Å². The predicted octanol–water partition coefficient (Wildman–Crippen LogP) is -1.12. The summed E-state index contributed by atoms with van der Waals surface area (Å²) in [5.74, 6) is 6.50. The van der Waals surface area contributed by atoms with Crippen molar-refractivity contribution in [2.45, 2.75) is 0 Å². The minimum Gasteiger partial charge on any atom is -0.790 e. The zero-order valence-electron chi connectivity index (χ0n) is 2.29. The third-order valence-corrected chi connectivity index (χ3v) is 0. The van der Waals surface area contributed by atoms with Crippen LogP contribution < -0.4 is 11.8 Å². The Hall–Kier alpha value is 0.528. The number of hydrogen-bond acceptors (Lipinski definition) is 4. The van der Waals surface area contributed by atoms with Gasteiger partial charge in [-0.25, -0.2) is 0 Å². The van der Waals surface area contributed by atoms with Crippen LogP contribution >= 0.6 is 0 Å². The van der Waals surface area contributed by atoms with Crippen LogP contribution in [0, 0.1) is 10.4 Å². The van der Waals surface area contributed by atoms with Crippen LogP contribution in [-0.2, 0) is 21.1 Å². The Morgan fingerprint density at radius 1 is 0.800 bits per heavy atom. The van der Waals surface area contributed by atoms with E-state index in [0.29, 0.717) is 0 Å². The number of rotatable bonds is 0. The molecule has 0 radical (unpaired) electrons. The van der Waals surface area contributed by atoms with Crippen molar-refractivity contribution in [1.29, 1.82) is 0 Å². The Kier molecular flexibility index (Phi) is 716. The van der Waals surface area contributed by atoms with Crippen molar-refractivity contribution in [3.8, 4) is 0 Å². The molecular formula is H4N2O2Pt. The SMILES string of the molecule is N[O-].N[O-].[Pt+2]. The first-order valence-corrected chi connectivity index (χ1v) is 0.471. The molecule has 0 saturated carbocycles. The van der Waals surface area contributed by atoms with Crippen molar-refractivity contribution >= 4 is 0 Å². The van der Waals surface area contributed by atoms with Crippen LogP contribution in [0.1, 0.15) is 0 Å². The van der Waals surface area contributed by atoms with Gasteiger partial charge in [0.1, 0.15) is 0 Å². The molecule has 0 spiro atoms. The van der Waals surface area contributed by atoms with Crippen molar-refractivity contribution in [3.63, 3.8) is 0 Å². The van der Waals surface area contributed by atoms with Gasteiger partial charge in [0.2, 0.25) is 0 Å². The molecule has 0 heterocycles. The monoisotopic (exact) mass is 259 g/mol. The smallest absolute Gasteiger partial charge is 0.790 e. The molecule has 0 bridgehead atoms. The van der Waals surface area contributed by atoms with E-state index in [0.717, 1.165) is 0 Å². The van der Waals surface area contributed by atoms with Crippen LogP contribution in [-0.4, -0.2) is 0 Å². The first-order chi connectivity index (χ1) is 2.00. The quantitative estimate of drug-likeness (QED) is 0.538. The van der Waals surface area contributed by atoms with Crippen LogP contribution in [0.15, 0.2) is 0 Å². The summed E-state index contributed by atoms with van der Waals surface area (Å²) in [5.41, 5.74) is 0. The molecule has 0 aromatic heterocycles. The molecule has 36 valence electrons. The van der Waals surface area contributed by atoms with E-state index in [2.05, 4.69) is 11.8 Å². The molecular weight excluding hydrogens is 255 g/mol. The molecule has 0 aliphatic rings. The molecule has 0 unspecified atom stereocenters. The van der Waals surface area contributed by atoms with E-state index in [1.807, 2.05) is 0 Å². The second-order valence-corrected chi connectivity index (χ2v) is 0. The largest absolute Gasteiger partial charge is 2.00 e. The van der Waals surface area contributed by atoms with Gasteiger partial charge < -0.3 is 22.2 Å². The van der Waals surface area contributed by atoms with E-state index < -0.39 is 0 Å². The molecule has 0 saturated heterocycles. The molecule has 0 aromatic rings. The summed E-state index contributed by atoms with van der Waals surface area (Å²) in [6.45, 7) is 0. The third kappa shape index (κ3) is 104. The summed E-state index contributed by atoms with van der Waals surface area (Å²) in [4.78, 5) is 0. The van der Waals surface area contributed by atoms with Crippen molar-refractivity contribution < 1.29 is 21.1 Å². The van der Waals surface area contributed by atoms with Gasteiger partial charge in [-0.1, -0.05) is 0 Å². The summed E-state index contributed by atoms with van der Waals surface area (Å²) in [5, 5.41) is 15.5. The van der Waals surface area contributed by atoms with Crippen molar-refractivity contribution in [2.24, 2.45) is 11.8 Å². The van der Waals surface area contributed by atoms with Gasteiger partial charge in [0, 0.05) is 0 Å². The second-order valence-electron chi connectivity index (χ2n) is 0. The maximum atomic E-state index is 7.75. The van der Waals surface area contributed by atoms with Crippen LogP contribution in [0.3, 0.4) is 0 Å². The minimum atomic E-state index is 0. The summed E-state index contributed by atoms with van der Waals surface area (Å²) >= 11 is 0. The van der Waals surface area contributed by atoms with Gasteiger partial charge in [-0.2, -0.15) is 0 Å². The molecule has 0 aliphatic carbocycles. The maximum absolute atomic E-state index is 7.75. The summed E-state index contributed by atoms with van der Waals surface area (Å²) in [7, 11) is 0. The molecule has 0 aliphatic heterocycles. The Balaban J connectivity index is -0.0000000133. The van der Waals surface area contributed by atoms with Crippen LogP contribution in [0.4, 0.5) is 0 Å². The van der Waals surface area contributed by atoms with Crippen LogP contribution in [0.25, 0.3) is 0 Å². The van der Waals surface area contributed by atoms with Gasteiger partial charge in [-0.3, -0.25) is 0 Å². The first kappa shape index (κ1) is 17.7. The van der Waals surface area contributed by atoms with E-state index in [1.165, 1.54) is 0 Å². The molecule has 5 heteroatoms. The normalized spacial score (nSPS) is 2.40. The van der Waals surface area contributed by atoms with E-state index >= 15 is 0 Å². The molecule has 5 heavy (non-hydrogen) atoms. The zero-order valence-corrected chi connectivity index (χ0v) is 4.56. The van der Waals surface area contributed by atoms with Gasteiger partial charge >= 0.3 is 21.1 Å². The Labute approximate surface area is 43.9 Å². The Bertz CT molecular complexity index is 7.61. The topological polar surface area (TPSA) is 98.2 Å². The fraction of sp³-hybridized carbons (Fsp3) is 0. The Morgan fingerprint density at radius 2 is 0.800 bits per heavy atom. The van der Waals surface area contributed by atoms with Gasteiger partial charge in [0.05, 0.1) is 0 Å². The second kappa shape index (κ2) is 202. The Morgan fingerprint density at radius 3 is 0.800 bits per heavy atom. The first-order valence-electron chi connectivity index (χ1n) is 0.471. The third-order valence-electron chi connectivity index (χ3n) is 0. The fourth-order valence-electron chi connectivity index (χ4n) is 0. The van der Waals surface area contributed by atoms with Gasteiger partial charge in [-0.15, -0.1) is 0 Å². The van der Waals surface area contributed by atoms with Crippen LogP contribution in [0.5, 0.6) is 0 Å². The van der Waals surface area contributed by atoms with E-state index in [-0.39, 0.29) is 21.1 Å². The van der Waals surface area contributed by atoms with Crippen molar-refractivity contribution in [2.75, 3.05) is 0 Å². The molecule has 4 N–H and O–H groups in total. The molecule has 0 rings (SSSR count). The van der Waals surface area contributed by atoms with Gasteiger partial charge in [-0.05, 0) is 0 Å². The summed E-state index contributed by atoms with van der Waals surface area (Å²) < 4.78 is 0. The van der Waals surface area contributed by atoms with E-state index in [4.69, 9.17) is 10.4 Å². The summed E-state index contributed by atoms with van der Waals surface area (Å²) in [6.07, 6.45) is 0. The van der Waals surface area contributed by atoms with E-state index in [1.54, 1.807) is 0 Å². The average molecular weight is 259 g/mol. The number of nitrogens with two attached hydrogens (primary N) is 2. The average Bonchev–Trinajstić information content (AvgIpc) is 1.50. The number of hydrogen-bond donors (Lipinski definition) is 2. The van der Waals surface area contributed by atoms with Crippen LogP contribution in [0.2, 0.25) is 0 Å². The molecule has 0 aromatic carbocycles. The molecule has 0 fully saturated rings. The van der Waals surface area contributed by atoms with Crippen molar-refractivity contribution in [1.82, 2.24) is 0 Å². The van der Waals surface area contributed by atoms with Crippen molar-refractivity contribution in [3.05, 3.63) is 10.4 Å². The minimum absolute atomic E-state index is 0. The summed E-state index contributed by atoms with van der Waals surface area (Å²) in [6, 6.07) is 0. The maximum Gasteiger partial charge on any atom is 2.00 e. The zero-order chi connectivity index (χ0) is 4.00. The fourth-order valence-corrected chi connectivity index (χ4v) is 0. The molecule has 4 nitrogen and oxygen atoms in total. The predicted molar refractivity (Wildman–Crippen MR) is 15.1 cm³/mol. The molecule has 0 atom stereocenters. The van der Waals surface area contributed by atoms with Gasteiger partial charge in [0.15, 0.2) is 0 Å². The standard InChI is InChI=1S/2H2NO.Pt/c2*1-2;/h2*1H2;/q2*-1;+2. The molecule has 0 amide bonds. The van der Waals surface area contributed by atoms with Gasteiger partial charge in [0.25, 0.3) is 0 Å².